The van der Waals surface area contributed by atoms with Crippen LogP contribution in [0, 0.1) is 13.8 Å². The summed E-state index contributed by atoms with van der Waals surface area (Å²) in [4.78, 5) is 12.2. The second-order valence-electron chi connectivity index (χ2n) is 5.06. The van der Waals surface area contributed by atoms with Crippen LogP contribution < -0.4 is 4.74 Å². The number of rotatable bonds is 5. The molecule has 0 N–H and O–H groups in total. The Kier molecular flexibility index (Phi) is 4.28. The van der Waals surface area contributed by atoms with Gasteiger partial charge in [-0.05, 0) is 44.0 Å². The van der Waals surface area contributed by atoms with E-state index in [2.05, 4.69) is 13.0 Å². The number of aryl methyl sites for hydroxylation is 2. The third-order valence-corrected chi connectivity index (χ3v) is 3.75. The molecule has 0 aliphatic rings. The molecule has 0 aliphatic carbocycles. The van der Waals surface area contributed by atoms with Gasteiger partial charge in [-0.1, -0.05) is 19.1 Å². The van der Waals surface area contributed by atoms with E-state index in [-0.39, 0.29) is 12.4 Å². The van der Waals surface area contributed by atoms with Gasteiger partial charge in [0.25, 0.3) is 0 Å². The minimum Gasteiger partial charge on any atom is -0.485 e. The maximum absolute atomic E-state index is 12.2. The van der Waals surface area contributed by atoms with Crippen molar-refractivity contribution in [1.29, 1.82) is 0 Å². The predicted molar refractivity (Wildman–Crippen MR) is 80.5 cm³/mol. The molecule has 2 aromatic rings. The lowest BCUT2D eigenvalue weighted by Crippen LogP contribution is -2.12. The molecule has 106 valence electrons. The van der Waals surface area contributed by atoms with Gasteiger partial charge in [0, 0.05) is 24.0 Å². The zero-order chi connectivity index (χ0) is 14.7. The molecule has 20 heavy (non-hydrogen) atoms. The van der Waals surface area contributed by atoms with E-state index in [0.717, 1.165) is 29.1 Å². The minimum atomic E-state index is 0.0214. The first-order valence-electron chi connectivity index (χ1n) is 6.90. The maximum atomic E-state index is 12.2. The maximum Gasteiger partial charge on any atom is 0.202 e. The molecular weight excluding hydrogens is 250 g/mol. The first-order chi connectivity index (χ1) is 9.52. The third kappa shape index (κ3) is 2.93. The minimum absolute atomic E-state index is 0.0214. The Morgan fingerprint density at radius 2 is 2.00 bits per heavy atom. The SMILES string of the molecule is CCc1cccc(OCC(=O)c2cc(C)n(C)c2C)c1. The molecule has 1 aromatic carbocycles. The molecule has 0 fully saturated rings. The molecule has 0 atom stereocenters. The average Bonchev–Trinajstić information content (AvgIpc) is 2.72. The van der Waals surface area contributed by atoms with E-state index in [1.807, 2.05) is 49.7 Å². The Morgan fingerprint density at radius 1 is 1.25 bits per heavy atom. The van der Waals surface area contributed by atoms with E-state index in [1.165, 1.54) is 5.56 Å². The number of ketones is 1. The summed E-state index contributed by atoms with van der Waals surface area (Å²) in [5.41, 5.74) is 4.02. The summed E-state index contributed by atoms with van der Waals surface area (Å²) >= 11 is 0. The monoisotopic (exact) mass is 271 g/mol. The predicted octanol–water partition coefficient (Wildman–Crippen LogP) is 3.47. The van der Waals surface area contributed by atoms with Crippen LogP contribution in [0.25, 0.3) is 0 Å². The van der Waals surface area contributed by atoms with Crippen LogP contribution in [0.5, 0.6) is 5.75 Å². The number of hydrogen-bond donors (Lipinski definition) is 0. The van der Waals surface area contributed by atoms with Gasteiger partial charge in [0.2, 0.25) is 5.78 Å². The molecule has 0 spiro atoms. The topological polar surface area (TPSA) is 31.2 Å². The van der Waals surface area contributed by atoms with Crippen LogP contribution in [0.4, 0.5) is 0 Å². The summed E-state index contributed by atoms with van der Waals surface area (Å²) in [6, 6.07) is 9.80. The van der Waals surface area contributed by atoms with Crippen molar-refractivity contribution in [3.63, 3.8) is 0 Å². The average molecular weight is 271 g/mol. The Hall–Kier alpha value is -2.03. The number of carbonyl (C=O) groups is 1. The fourth-order valence-electron chi connectivity index (χ4n) is 2.22. The molecule has 3 heteroatoms. The molecule has 0 amide bonds. The van der Waals surface area contributed by atoms with Crippen molar-refractivity contribution in [2.45, 2.75) is 27.2 Å². The summed E-state index contributed by atoms with van der Waals surface area (Å²) in [7, 11) is 1.97. The first kappa shape index (κ1) is 14.4. The first-order valence-corrected chi connectivity index (χ1v) is 6.90. The van der Waals surface area contributed by atoms with Crippen molar-refractivity contribution in [2.75, 3.05) is 6.61 Å². The number of hydrogen-bond acceptors (Lipinski definition) is 2. The molecule has 0 aliphatic heterocycles. The van der Waals surface area contributed by atoms with Crippen molar-refractivity contribution in [3.05, 3.63) is 52.8 Å². The van der Waals surface area contributed by atoms with Crippen LogP contribution in [-0.4, -0.2) is 17.0 Å². The van der Waals surface area contributed by atoms with Crippen LogP contribution in [0.3, 0.4) is 0 Å². The van der Waals surface area contributed by atoms with E-state index < -0.39 is 0 Å². The Labute approximate surface area is 120 Å². The van der Waals surface area contributed by atoms with Gasteiger partial charge in [-0.25, -0.2) is 0 Å². The van der Waals surface area contributed by atoms with Crippen LogP contribution in [0.15, 0.2) is 30.3 Å². The molecule has 2 rings (SSSR count). The van der Waals surface area contributed by atoms with E-state index in [4.69, 9.17) is 4.74 Å². The molecule has 0 bridgehead atoms. The molecular formula is C17H21NO2. The lowest BCUT2D eigenvalue weighted by Gasteiger charge is -2.07. The molecule has 0 radical (unpaired) electrons. The van der Waals surface area contributed by atoms with Gasteiger partial charge in [0.1, 0.15) is 5.75 Å². The summed E-state index contributed by atoms with van der Waals surface area (Å²) in [5.74, 6) is 0.774. The lowest BCUT2D eigenvalue weighted by molar-refractivity contribution is 0.0920. The van der Waals surface area contributed by atoms with Gasteiger partial charge in [0.05, 0.1) is 0 Å². The largest absolute Gasteiger partial charge is 0.485 e. The number of benzene rings is 1. The van der Waals surface area contributed by atoms with Crippen molar-refractivity contribution in [3.8, 4) is 5.75 Å². The van der Waals surface area contributed by atoms with Crippen molar-refractivity contribution in [2.24, 2.45) is 7.05 Å². The highest BCUT2D eigenvalue weighted by molar-refractivity contribution is 5.98. The second-order valence-corrected chi connectivity index (χ2v) is 5.06. The van der Waals surface area contributed by atoms with Crippen LogP contribution in [-0.2, 0) is 13.5 Å². The Morgan fingerprint density at radius 3 is 2.60 bits per heavy atom. The van der Waals surface area contributed by atoms with Gasteiger partial charge in [-0.15, -0.1) is 0 Å². The molecule has 1 heterocycles. The Bertz CT molecular complexity index is 626. The molecule has 1 aromatic heterocycles. The highest BCUT2D eigenvalue weighted by Crippen LogP contribution is 2.17. The third-order valence-electron chi connectivity index (χ3n) is 3.75. The van der Waals surface area contributed by atoms with Gasteiger partial charge in [0.15, 0.2) is 6.61 Å². The second kappa shape index (κ2) is 5.95. The zero-order valence-electron chi connectivity index (χ0n) is 12.6. The van der Waals surface area contributed by atoms with Gasteiger partial charge in [-0.3, -0.25) is 4.79 Å². The van der Waals surface area contributed by atoms with Gasteiger partial charge < -0.3 is 9.30 Å². The highest BCUT2D eigenvalue weighted by Gasteiger charge is 2.14. The summed E-state index contributed by atoms with van der Waals surface area (Å²) < 4.78 is 7.63. The number of Topliss-reactive ketones (excluding diaryl/α,β-unsaturated/α-hetero) is 1. The molecule has 0 unspecified atom stereocenters. The highest BCUT2D eigenvalue weighted by atomic mass is 16.5. The number of ether oxygens (including phenoxy) is 1. The van der Waals surface area contributed by atoms with Crippen LogP contribution in [0.1, 0.15) is 34.2 Å². The quantitative estimate of drug-likeness (QED) is 0.780. The summed E-state index contributed by atoms with van der Waals surface area (Å²) in [6.07, 6.45) is 0.960. The normalized spacial score (nSPS) is 10.6. The Balaban J connectivity index is 2.06. The number of carbonyl (C=O) groups excluding carboxylic acids is 1. The van der Waals surface area contributed by atoms with Crippen LogP contribution in [0.2, 0.25) is 0 Å². The zero-order valence-corrected chi connectivity index (χ0v) is 12.6. The lowest BCUT2D eigenvalue weighted by atomic mass is 10.1. The molecule has 0 saturated carbocycles. The fraction of sp³-hybridized carbons (Fsp3) is 0.353. The standard InChI is InChI=1S/C17H21NO2/c1-5-14-7-6-8-15(10-14)20-11-17(19)16-9-12(2)18(4)13(16)3/h6-10H,5,11H2,1-4H3. The molecule has 0 saturated heterocycles. The summed E-state index contributed by atoms with van der Waals surface area (Å²) in [5, 5.41) is 0. The van der Waals surface area contributed by atoms with E-state index in [1.54, 1.807) is 0 Å². The molecule has 3 nitrogen and oxygen atoms in total. The van der Waals surface area contributed by atoms with Crippen LogP contribution >= 0.6 is 0 Å². The van der Waals surface area contributed by atoms with E-state index in [9.17, 15) is 4.79 Å². The van der Waals surface area contributed by atoms with Crippen molar-refractivity contribution >= 4 is 5.78 Å². The number of nitrogens with zero attached hydrogens (tertiary/aromatic N) is 1. The summed E-state index contributed by atoms with van der Waals surface area (Å²) in [6.45, 7) is 6.13. The fourth-order valence-corrected chi connectivity index (χ4v) is 2.22. The van der Waals surface area contributed by atoms with E-state index in [0.29, 0.717) is 0 Å². The van der Waals surface area contributed by atoms with E-state index >= 15 is 0 Å². The smallest absolute Gasteiger partial charge is 0.202 e. The van der Waals surface area contributed by atoms with Crippen molar-refractivity contribution in [1.82, 2.24) is 4.57 Å². The van der Waals surface area contributed by atoms with Gasteiger partial charge >= 0.3 is 0 Å². The van der Waals surface area contributed by atoms with Crippen molar-refractivity contribution < 1.29 is 9.53 Å². The van der Waals surface area contributed by atoms with Gasteiger partial charge in [-0.2, -0.15) is 0 Å². The number of aromatic nitrogens is 1.